The Morgan fingerprint density at radius 3 is 2.55 bits per heavy atom. The molecule has 0 bridgehead atoms. The lowest BCUT2D eigenvalue weighted by atomic mass is 10.0. The van der Waals surface area contributed by atoms with Gasteiger partial charge in [0.2, 0.25) is 23.0 Å². The Morgan fingerprint density at radius 2 is 1.87 bits per heavy atom. The lowest BCUT2D eigenvalue weighted by Crippen LogP contribution is -2.40. The van der Waals surface area contributed by atoms with Crippen molar-refractivity contribution in [2.75, 3.05) is 32.6 Å². The molecule has 5 rings (SSSR count). The maximum atomic E-state index is 12.7. The molecule has 3 heterocycles. The fourth-order valence-corrected chi connectivity index (χ4v) is 6.81. The van der Waals surface area contributed by atoms with Crippen molar-refractivity contribution in [3.8, 4) is 11.1 Å². The summed E-state index contributed by atoms with van der Waals surface area (Å²) in [6.45, 7) is 2.03. The summed E-state index contributed by atoms with van der Waals surface area (Å²) in [5.41, 5.74) is 3.00. The van der Waals surface area contributed by atoms with Crippen LogP contribution in [0.4, 0.5) is 0 Å². The standard InChI is InChI=1S/C23H23N5O7S3/c1-38(32,33)20(21-27-26-19(35-21)13-24-37(30)31)22-25-17-7-6-16(12-18(17)36-22)14-2-4-15(5-3-14)23(29)28-8-10-34-11-9-28/h2-7,12,20,24H,8-11,13H2,1H3,(H,30,31). The summed E-state index contributed by atoms with van der Waals surface area (Å²) in [5, 5.41) is 6.58. The van der Waals surface area contributed by atoms with E-state index in [1.807, 2.05) is 24.3 Å². The van der Waals surface area contributed by atoms with Gasteiger partial charge in [-0.15, -0.1) is 21.5 Å². The maximum absolute atomic E-state index is 12.7. The topological polar surface area (TPSA) is 165 Å². The van der Waals surface area contributed by atoms with E-state index in [2.05, 4.69) is 19.9 Å². The van der Waals surface area contributed by atoms with Gasteiger partial charge in [0, 0.05) is 24.9 Å². The molecular weight excluding hydrogens is 554 g/mol. The summed E-state index contributed by atoms with van der Waals surface area (Å²) in [7, 11) is -3.74. The zero-order valence-corrected chi connectivity index (χ0v) is 22.5. The van der Waals surface area contributed by atoms with Gasteiger partial charge >= 0.3 is 0 Å². The van der Waals surface area contributed by atoms with Crippen molar-refractivity contribution < 1.29 is 31.1 Å². The van der Waals surface area contributed by atoms with Crippen LogP contribution in [-0.4, -0.2) is 75.7 Å². The van der Waals surface area contributed by atoms with Crippen molar-refractivity contribution in [1.82, 2.24) is 24.8 Å². The van der Waals surface area contributed by atoms with Gasteiger partial charge in [0.15, 0.2) is 15.1 Å². The first-order valence-electron chi connectivity index (χ1n) is 11.4. The van der Waals surface area contributed by atoms with E-state index in [0.717, 1.165) is 22.1 Å². The number of hydrogen-bond acceptors (Lipinski definition) is 10. The van der Waals surface area contributed by atoms with Gasteiger partial charge in [-0.3, -0.25) is 9.35 Å². The Labute approximate surface area is 224 Å². The highest BCUT2D eigenvalue weighted by molar-refractivity contribution is 7.91. The number of thiazole rings is 1. The third kappa shape index (κ3) is 5.82. The second-order valence-electron chi connectivity index (χ2n) is 8.53. The minimum atomic E-state index is -3.74. The molecule has 0 aliphatic carbocycles. The quantitative estimate of drug-likeness (QED) is 0.297. The van der Waals surface area contributed by atoms with Gasteiger partial charge in [-0.2, -0.15) is 0 Å². The first-order valence-corrected chi connectivity index (χ1v) is 15.3. The van der Waals surface area contributed by atoms with Crippen molar-refractivity contribution in [1.29, 1.82) is 0 Å². The lowest BCUT2D eigenvalue weighted by molar-refractivity contribution is 0.0303. The summed E-state index contributed by atoms with van der Waals surface area (Å²) >= 11 is -1.09. The van der Waals surface area contributed by atoms with Crippen molar-refractivity contribution in [2.24, 2.45) is 0 Å². The molecule has 38 heavy (non-hydrogen) atoms. The van der Waals surface area contributed by atoms with E-state index < -0.39 is 26.4 Å². The molecule has 0 saturated carbocycles. The molecule has 2 aromatic heterocycles. The number of morpholine rings is 1. The number of ether oxygens (including phenoxy) is 1. The number of rotatable bonds is 8. The maximum Gasteiger partial charge on any atom is 0.254 e. The van der Waals surface area contributed by atoms with E-state index in [1.165, 1.54) is 11.3 Å². The first kappa shape index (κ1) is 26.5. The van der Waals surface area contributed by atoms with Gasteiger partial charge < -0.3 is 14.1 Å². The van der Waals surface area contributed by atoms with Crippen molar-refractivity contribution >= 4 is 48.6 Å². The minimum absolute atomic E-state index is 0.0289. The van der Waals surface area contributed by atoms with Crippen LogP contribution in [0.3, 0.4) is 0 Å². The van der Waals surface area contributed by atoms with Gasteiger partial charge in [-0.25, -0.2) is 22.3 Å². The number of sulfone groups is 1. The van der Waals surface area contributed by atoms with Crippen LogP contribution in [0.15, 0.2) is 46.9 Å². The molecule has 15 heteroatoms. The molecule has 1 saturated heterocycles. The highest BCUT2D eigenvalue weighted by atomic mass is 32.2. The molecule has 1 aliphatic rings. The molecule has 2 aromatic carbocycles. The molecular formula is C23H23N5O7S3. The summed E-state index contributed by atoms with van der Waals surface area (Å²) in [5.74, 6) is -0.235. The van der Waals surface area contributed by atoms with Gasteiger partial charge in [0.05, 0.1) is 30.0 Å². The third-order valence-electron chi connectivity index (χ3n) is 5.87. The first-order chi connectivity index (χ1) is 18.2. The summed E-state index contributed by atoms with van der Waals surface area (Å²) in [6.07, 6.45) is 1.06. The van der Waals surface area contributed by atoms with Crippen LogP contribution >= 0.6 is 11.3 Å². The molecule has 2 unspecified atom stereocenters. The van der Waals surface area contributed by atoms with Gasteiger partial charge in [-0.1, -0.05) is 18.2 Å². The fourth-order valence-electron chi connectivity index (χ4n) is 4.03. The van der Waals surface area contributed by atoms with Crippen molar-refractivity contribution in [3.05, 3.63) is 64.8 Å². The number of fused-ring (bicyclic) bond motifs is 1. The largest absolute Gasteiger partial charge is 0.422 e. The summed E-state index contributed by atoms with van der Waals surface area (Å²) in [4.78, 5) is 19.0. The van der Waals surface area contributed by atoms with E-state index in [-0.39, 0.29) is 29.2 Å². The zero-order chi connectivity index (χ0) is 26.9. The number of carbonyl (C=O) groups excluding carboxylic acids is 1. The second-order valence-corrected chi connectivity index (χ2v) is 12.5. The van der Waals surface area contributed by atoms with Crippen LogP contribution in [0.2, 0.25) is 0 Å². The molecule has 0 spiro atoms. The Balaban J connectivity index is 1.40. The number of carbonyl (C=O) groups is 1. The van der Waals surface area contributed by atoms with Crippen LogP contribution in [0.5, 0.6) is 0 Å². The molecule has 1 aliphatic heterocycles. The number of benzene rings is 2. The smallest absolute Gasteiger partial charge is 0.254 e. The average Bonchev–Trinajstić information content (AvgIpc) is 3.53. The summed E-state index contributed by atoms with van der Waals surface area (Å²) < 4.78 is 58.8. The number of nitrogens with zero attached hydrogens (tertiary/aromatic N) is 4. The normalized spacial score (nSPS) is 16.0. The molecule has 200 valence electrons. The Morgan fingerprint density at radius 1 is 1.16 bits per heavy atom. The van der Waals surface area contributed by atoms with E-state index in [1.54, 1.807) is 23.1 Å². The average molecular weight is 578 g/mol. The summed E-state index contributed by atoms with van der Waals surface area (Å²) in [6, 6.07) is 12.9. The zero-order valence-electron chi connectivity index (χ0n) is 20.1. The predicted molar refractivity (Wildman–Crippen MR) is 140 cm³/mol. The third-order valence-corrected chi connectivity index (χ3v) is 8.78. The van der Waals surface area contributed by atoms with Crippen molar-refractivity contribution in [3.63, 3.8) is 0 Å². The highest BCUT2D eigenvalue weighted by Crippen LogP contribution is 2.36. The van der Waals surface area contributed by atoms with E-state index in [0.29, 0.717) is 37.4 Å². The number of hydrogen-bond donors (Lipinski definition) is 2. The molecule has 4 aromatic rings. The van der Waals surface area contributed by atoms with Crippen LogP contribution in [0.1, 0.15) is 32.4 Å². The molecule has 2 atom stereocenters. The highest BCUT2D eigenvalue weighted by Gasteiger charge is 2.34. The number of nitrogens with one attached hydrogen (secondary N) is 1. The van der Waals surface area contributed by atoms with Crippen LogP contribution in [0.25, 0.3) is 21.3 Å². The Hall–Kier alpha value is -3.08. The van der Waals surface area contributed by atoms with E-state index in [4.69, 9.17) is 13.7 Å². The van der Waals surface area contributed by atoms with Crippen LogP contribution in [0, 0.1) is 0 Å². The van der Waals surface area contributed by atoms with Gasteiger partial charge in [0.1, 0.15) is 5.01 Å². The monoisotopic (exact) mass is 577 g/mol. The van der Waals surface area contributed by atoms with E-state index >= 15 is 0 Å². The SMILES string of the molecule is CS(=O)(=O)C(c1nnc(CNS(=O)O)o1)c1nc2ccc(-c3ccc(C(=O)N4CCOCC4)cc3)cc2s1. The number of amides is 1. The van der Waals surface area contributed by atoms with Crippen LogP contribution < -0.4 is 4.72 Å². The lowest BCUT2D eigenvalue weighted by Gasteiger charge is -2.26. The Kier molecular flexibility index (Phi) is 7.65. The van der Waals surface area contributed by atoms with E-state index in [9.17, 15) is 17.4 Å². The Bertz CT molecular complexity index is 1600. The second kappa shape index (κ2) is 11.0. The molecule has 2 N–H and O–H groups in total. The minimum Gasteiger partial charge on any atom is -0.422 e. The fraction of sp³-hybridized carbons (Fsp3) is 0.304. The van der Waals surface area contributed by atoms with Gasteiger partial charge in [0.25, 0.3) is 5.91 Å². The molecule has 0 radical (unpaired) electrons. The van der Waals surface area contributed by atoms with Crippen LogP contribution in [-0.2, 0) is 32.4 Å². The molecule has 1 fully saturated rings. The molecule has 1 amide bonds. The van der Waals surface area contributed by atoms with Gasteiger partial charge in [-0.05, 0) is 35.4 Å². The van der Waals surface area contributed by atoms with Crippen molar-refractivity contribution in [2.45, 2.75) is 11.8 Å². The predicted octanol–water partition coefficient (Wildman–Crippen LogP) is 2.18. The molecule has 12 nitrogen and oxygen atoms in total. The number of aromatic nitrogens is 3.